The predicted molar refractivity (Wildman–Crippen MR) is 105 cm³/mol. The van der Waals surface area contributed by atoms with Crippen molar-refractivity contribution in [2.24, 2.45) is 11.8 Å². The summed E-state index contributed by atoms with van der Waals surface area (Å²) in [6, 6.07) is 7.01. The average molecular weight is 396 g/mol. The van der Waals surface area contributed by atoms with Crippen molar-refractivity contribution < 1.29 is 17.9 Å². The maximum absolute atomic E-state index is 12.8. The number of fused-ring (bicyclic) bond motifs is 1. The van der Waals surface area contributed by atoms with E-state index in [2.05, 4.69) is 5.32 Å². The molecule has 3 rings (SSSR count). The van der Waals surface area contributed by atoms with E-state index in [4.69, 9.17) is 4.74 Å². The van der Waals surface area contributed by atoms with E-state index in [-0.39, 0.29) is 17.2 Å². The summed E-state index contributed by atoms with van der Waals surface area (Å²) in [6.07, 6.45) is 1.21. The molecule has 0 unspecified atom stereocenters. The summed E-state index contributed by atoms with van der Waals surface area (Å²) >= 11 is 0. The lowest BCUT2D eigenvalue weighted by Gasteiger charge is -2.23. The Balaban J connectivity index is 1.64. The van der Waals surface area contributed by atoms with E-state index in [1.165, 1.54) is 0 Å². The smallest absolute Gasteiger partial charge is 0.321 e. The average Bonchev–Trinajstić information content (AvgIpc) is 2.77. The molecule has 2 aliphatic heterocycles. The van der Waals surface area contributed by atoms with Gasteiger partial charge in [0.1, 0.15) is 5.75 Å². The van der Waals surface area contributed by atoms with E-state index in [1.807, 2.05) is 26.0 Å². The zero-order valence-corrected chi connectivity index (χ0v) is 17.0. The van der Waals surface area contributed by atoms with Crippen LogP contribution in [0.2, 0.25) is 0 Å². The van der Waals surface area contributed by atoms with Crippen LogP contribution < -0.4 is 10.1 Å². The highest BCUT2D eigenvalue weighted by Gasteiger charge is 2.47. The summed E-state index contributed by atoms with van der Waals surface area (Å²) in [5, 5.41) is 2.51. The van der Waals surface area contributed by atoms with Gasteiger partial charge in [0.15, 0.2) is 0 Å². The second-order valence-electron chi connectivity index (χ2n) is 7.78. The van der Waals surface area contributed by atoms with E-state index in [1.54, 1.807) is 28.4 Å². The quantitative estimate of drug-likeness (QED) is 0.850. The summed E-state index contributed by atoms with van der Waals surface area (Å²) in [6.45, 7) is 6.25. The molecule has 2 amide bonds. The highest BCUT2D eigenvalue weighted by Crippen LogP contribution is 2.34. The number of amides is 2. The molecule has 2 fully saturated rings. The maximum Gasteiger partial charge on any atom is 0.321 e. The molecule has 150 valence electrons. The van der Waals surface area contributed by atoms with Gasteiger partial charge in [-0.15, -0.1) is 0 Å². The number of likely N-dealkylation sites (tertiary alicyclic amines) is 1. The van der Waals surface area contributed by atoms with E-state index < -0.39 is 10.0 Å². The van der Waals surface area contributed by atoms with Gasteiger partial charge in [0.25, 0.3) is 0 Å². The zero-order chi connectivity index (χ0) is 19.6. The molecule has 1 aromatic rings. The van der Waals surface area contributed by atoms with Crippen molar-refractivity contribution in [3.63, 3.8) is 0 Å². The second-order valence-corrected chi connectivity index (χ2v) is 9.93. The Morgan fingerprint density at radius 3 is 2.74 bits per heavy atom. The van der Waals surface area contributed by atoms with Crippen molar-refractivity contribution in [3.8, 4) is 5.75 Å². The van der Waals surface area contributed by atoms with Crippen LogP contribution in [0, 0.1) is 11.8 Å². The van der Waals surface area contributed by atoms with Crippen LogP contribution in [0.4, 0.5) is 10.5 Å². The van der Waals surface area contributed by atoms with Crippen LogP contribution in [0.5, 0.6) is 5.75 Å². The van der Waals surface area contributed by atoms with Crippen molar-refractivity contribution in [1.29, 1.82) is 0 Å². The molecule has 2 heterocycles. The first kappa shape index (κ1) is 19.9. The van der Waals surface area contributed by atoms with Crippen molar-refractivity contribution in [1.82, 2.24) is 9.21 Å². The highest BCUT2D eigenvalue weighted by atomic mass is 32.2. The van der Waals surface area contributed by atoms with Gasteiger partial charge in [-0.25, -0.2) is 17.5 Å². The molecule has 2 saturated heterocycles. The van der Waals surface area contributed by atoms with E-state index >= 15 is 0 Å². The van der Waals surface area contributed by atoms with Gasteiger partial charge in [-0.05, 0) is 36.8 Å². The normalized spacial score (nSPS) is 25.1. The minimum atomic E-state index is -3.26. The summed E-state index contributed by atoms with van der Waals surface area (Å²) in [5.41, 5.74) is 0.666. The topological polar surface area (TPSA) is 79.0 Å². The van der Waals surface area contributed by atoms with Crippen molar-refractivity contribution >= 4 is 21.7 Å². The van der Waals surface area contributed by atoms with Gasteiger partial charge in [-0.2, -0.15) is 0 Å². The van der Waals surface area contributed by atoms with Crippen LogP contribution in [0.3, 0.4) is 0 Å². The molecule has 27 heavy (non-hydrogen) atoms. The molecular weight excluding hydrogens is 366 g/mol. The number of hydrogen-bond acceptors (Lipinski definition) is 4. The Bertz CT molecular complexity index is 781. The number of sulfonamides is 1. The Morgan fingerprint density at radius 1 is 1.30 bits per heavy atom. The number of urea groups is 1. The van der Waals surface area contributed by atoms with Gasteiger partial charge in [0, 0.05) is 37.9 Å². The number of benzene rings is 1. The molecule has 2 aliphatic rings. The SMILES string of the molecule is COc1cccc(NC(=O)N2CC[C@@H]3CN(CC(C)C)S(=O)(=O)[C@@H]3CC2)c1. The first-order valence-corrected chi connectivity index (χ1v) is 11.0. The largest absolute Gasteiger partial charge is 0.497 e. The third kappa shape index (κ3) is 4.38. The first-order chi connectivity index (χ1) is 12.8. The number of anilines is 1. The van der Waals surface area contributed by atoms with Crippen LogP contribution >= 0.6 is 0 Å². The Kier molecular flexibility index (Phi) is 5.95. The first-order valence-electron chi connectivity index (χ1n) is 9.50. The fraction of sp³-hybridized carbons (Fsp3) is 0.632. The molecule has 0 bridgehead atoms. The zero-order valence-electron chi connectivity index (χ0n) is 16.2. The van der Waals surface area contributed by atoms with Gasteiger partial charge in [0.05, 0.1) is 12.4 Å². The molecule has 7 nitrogen and oxygen atoms in total. The number of rotatable bonds is 4. The summed E-state index contributed by atoms with van der Waals surface area (Å²) in [4.78, 5) is 14.3. The standard InChI is InChI=1S/C19H29N3O4S/c1-14(2)12-22-13-15-7-9-21(10-8-18(15)27(22,24)25)19(23)20-16-5-4-6-17(11-16)26-3/h4-6,11,14-15,18H,7-10,12-13H2,1-3H3,(H,20,23)/t15-,18-/m1/s1. The molecule has 0 saturated carbocycles. The van der Waals surface area contributed by atoms with Crippen LogP contribution in [0.25, 0.3) is 0 Å². The van der Waals surface area contributed by atoms with Crippen LogP contribution in [-0.4, -0.2) is 62.2 Å². The number of nitrogens with zero attached hydrogens (tertiary/aromatic N) is 2. The van der Waals surface area contributed by atoms with Gasteiger partial charge in [-0.3, -0.25) is 0 Å². The lowest BCUT2D eigenvalue weighted by atomic mass is 10.0. The molecule has 1 aromatic carbocycles. The molecule has 8 heteroatoms. The minimum Gasteiger partial charge on any atom is -0.497 e. The summed E-state index contributed by atoms with van der Waals surface area (Å²) < 4.78 is 32.5. The minimum absolute atomic E-state index is 0.100. The highest BCUT2D eigenvalue weighted by molar-refractivity contribution is 7.90. The van der Waals surface area contributed by atoms with Gasteiger partial charge in [-0.1, -0.05) is 19.9 Å². The summed E-state index contributed by atoms with van der Waals surface area (Å²) in [7, 11) is -1.68. The lowest BCUT2D eigenvalue weighted by molar-refractivity contribution is 0.212. The monoisotopic (exact) mass is 395 g/mol. The fourth-order valence-corrected chi connectivity index (χ4v) is 6.39. The van der Waals surface area contributed by atoms with Crippen LogP contribution in [-0.2, 0) is 10.0 Å². The Morgan fingerprint density at radius 2 is 2.04 bits per heavy atom. The third-order valence-corrected chi connectivity index (χ3v) is 7.74. The van der Waals surface area contributed by atoms with Crippen LogP contribution in [0.15, 0.2) is 24.3 Å². The van der Waals surface area contributed by atoms with Crippen molar-refractivity contribution in [3.05, 3.63) is 24.3 Å². The van der Waals surface area contributed by atoms with Gasteiger partial charge < -0.3 is 15.0 Å². The molecule has 0 aliphatic carbocycles. The van der Waals surface area contributed by atoms with E-state index in [9.17, 15) is 13.2 Å². The Hall–Kier alpha value is -1.80. The van der Waals surface area contributed by atoms with Crippen LogP contribution in [0.1, 0.15) is 26.7 Å². The predicted octanol–water partition coefficient (Wildman–Crippen LogP) is 2.61. The molecule has 0 radical (unpaired) electrons. The number of carbonyl (C=O) groups excluding carboxylic acids is 1. The van der Waals surface area contributed by atoms with Crippen molar-refractivity contribution in [2.45, 2.75) is 31.9 Å². The molecule has 0 aromatic heterocycles. The molecular formula is C19H29N3O4S. The second kappa shape index (κ2) is 8.06. The maximum atomic E-state index is 12.8. The number of nitrogens with one attached hydrogen (secondary N) is 1. The van der Waals surface area contributed by atoms with Crippen molar-refractivity contribution in [2.75, 3.05) is 38.6 Å². The Labute approximate surface area is 161 Å². The molecule has 1 N–H and O–H groups in total. The van der Waals surface area contributed by atoms with E-state index in [0.717, 1.165) is 0 Å². The number of methoxy groups -OCH3 is 1. The molecule has 0 spiro atoms. The third-order valence-electron chi connectivity index (χ3n) is 5.34. The number of hydrogen-bond donors (Lipinski definition) is 1. The van der Waals surface area contributed by atoms with E-state index in [0.29, 0.717) is 56.4 Å². The summed E-state index contributed by atoms with van der Waals surface area (Å²) in [5.74, 6) is 1.09. The fourth-order valence-electron chi connectivity index (χ4n) is 3.99. The lowest BCUT2D eigenvalue weighted by Crippen LogP contribution is -2.37. The van der Waals surface area contributed by atoms with Gasteiger partial charge in [0.2, 0.25) is 10.0 Å². The molecule has 2 atom stereocenters. The number of ether oxygens (including phenoxy) is 1. The van der Waals surface area contributed by atoms with Gasteiger partial charge >= 0.3 is 6.03 Å². The number of carbonyl (C=O) groups is 1.